The molecule has 6 nitrogen and oxygen atoms in total. The van der Waals surface area contributed by atoms with Crippen LogP contribution in [0.1, 0.15) is 52.4 Å². The van der Waals surface area contributed by atoms with Crippen molar-refractivity contribution in [2.75, 3.05) is 26.0 Å². The molecule has 0 aromatic heterocycles. The molecule has 0 N–H and O–H groups in total. The van der Waals surface area contributed by atoms with Crippen LogP contribution in [0.5, 0.6) is 5.75 Å². The Kier molecular flexibility index (Phi) is 7.55. The molecule has 186 valence electrons. The zero-order valence-electron chi connectivity index (χ0n) is 19.3. The van der Waals surface area contributed by atoms with Crippen molar-refractivity contribution in [3.05, 3.63) is 24.0 Å². The minimum absolute atomic E-state index is 0.213. The first-order valence-electron chi connectivity index (χ1n) is 11.2. The Labute approximate surface area is 193 Å². The third-order valence-electron chi connectivity index (χ3n) is 6.73. The maximum absolute atomic E-state index is 13.9. The number of ether oxygens (including phenoxy) is 2. The van der Waals surface area contributed by atoms with Gasteiger partial charge in [-0.15, -0.1) is 0 Å². The fourth-order valence-corrected chi connectivity index (χ4v) is 5.44. The van der Waals surface area contributed by atoms with Gasteiger partial charge in [0.1, 0.15) is 16.5 Å². The van der Waals surface area contributed by atoms with E-state index in [9.17, 15) is 26.4 Å². The largest absolute Gasteiger partial charge is 0.493 e. The van der Waals surface area contributed by atoms with Gasteiger partial charge in [-0.25, -0.2) is 26.4 Å². The third-order valence-corrected chi connectivity index (χ3v) is 7.86. The SMILES string of the molecule is CC(C)(OC(=O)N1CCC2(CC1)CC(CCCOc1ccc(S(C)(=O)=O)c(F)c1)C2)C(F)F. The first-order chi connectivity index (χ1) is 15.3. The maximum atomic E-state index is 13.9. The number of alkyl halides is 2. The molecule has 3 rings (SSSR count). The molecule has 1 saturated carbocycles. The Bertz CT molecular complexity index is 951. The fourth-order valence-electron chi connectivity index (χ4n) is 4.71. The Morgan fingerprint density at radius 1 is 1.24 bits per heavy atom. The second-order valence-electron chi connectivity index (χ2n) is 9.89. The summed E-state index contributed by atoms with van der Waals surface area (Å²) >= 11 is 0. The molecule has 1 heterocycles. The van der Waals surface area contributed by atoms with E-state index >= 15 is 0 Å². The summed E-state index contributed by atoms with van der Waals surface area (Å²) in [5.74, 6) is 0.0531. The summed E-state index contributed by atoms with van der Waals surface area (Å²) in [4.78, 5) is 13.4. The van der Waals surface area contributed by atoms with Crippen LogP contribution in [0.15, 0.2) is 23.1 Å². The van der Waals surface area contributed by atoms with Crippen LogP contribution in [0.3, 0.4) is 0 Å². The number of hydrogen-bond acceptors (Lipinski definition) is 5. The average molecular weight is 492 g/mol. The van der Waals surface area contributed by atoms with E-state index in [2.05, 4.69) is 0 Å². The maximum Gasteiger partial charge on any atom is 0.410 e. The minimum atomic E-state index is -3.61. The Morgan fingerprint density at radius 2 is 1.88 bits per heavy atom. The average Bonchev–Trinajstić information content (AvgIpc) is 2.68. The first-order valence-corrected chi connectivity index (χ1v) is 13.1. The van der Waals surface area contributed by atoms with E-state index in [1.165, 1.54) is 30.9 Å². The number of likely N-dealkylation sites (tertiary alicyclic amines) is 1. The van der Waals surface area contributed by atoms with Crippen LogP contribution in [0.2, 0.25) is 0 Å². The van der Waals surface area contributed by atoms with Gasteiger partial charge in [-0.05, 0) is 75.8 Å². The molecule has 1 aromatic carbocycles. The lowest BCUT2D eigenvalue weighted by atomic mass is 9.56. The van der Waals surface area contributed by atoms with Gasteiger partial charge in [0, 0.05) is 25.4 Å². The molecular weight excluding hydrogens is 459 g/mol. The molecule has 0 atom stereocenters. The van der Waals surface area contributed by atoms with Crippen molar-refractivity contribution in [3.8, 4) is 5.75 Å². The van der Waals surface area contributed by atoms with Crippen molar-refractivity contribution in [1.29, 1.82) is 0 Å². The van der Waals surface area contributed by atoms with E-state index in [1.54, 1.807) is 0 Å². The second-order valence-corrected chi connectivity index (χ2v) is 11.9. The van der Waals surface area contributed by atoms with Crippen LogP contribution >= 0.6 is 0 Å². The van der Waals surface area contributed by atoms with Crippen LogP contribution in [0, 0.1) is 17.2 Å². The van der Waals surface area contributed by atoms with E-state index in [4.69, 9.17) is 9.47 Å². The monoisotopic (exact) mass is 491 g/mol. The summed E-state index contributed by atoms with van der Waals surface area (Å²) in [5.41, 5.74) is -1.58. The van der Waals surface area contributed by atoms with Gasteiger partial charge < -0.3 is 14.4 Å². The van der Waals surface area contributed by atoms with Crippen molar-refractivity contribution in [3.63, 3.8) is 0 Å². The number of sulfone groups is 1. The van der Waals surface area contributed by atoms with Gasteiger partial charge in [0.05, 0.1) is 6.61 Å². The highest BCUT2D eigenvalue weighted by atomic mass is 32.2. The zero-order valence-corrected chi connectivity index (χ0v) is 20.1. The van der Waals surface area contributed by atoms with E-state index in [1.807, 2.05) is 0 Å². The predicted molar refractivity (Wildman–Crippen MR) is 117 cm³/mol. The van der Waals surface area contributed by atoms with Crippen molar-refractivity contribution in [2.45, 2.75) is 69.3 Å². The first kappa shape index (κ1) is 25.6. The Hall–Kier alpha value is -1.97. The molecule has 1 aliphatic heterocycles. The Balaban J connectivity index is 1.35. The molecule has 0 unspecified atom stereocenters. The zero-order chi connectivity index (χ0) is 24.4. The highest BCUT2D eigenvalue weighted by Crippen LogP contribution is 2.54. The molecule has 1 spiro atoms. The number of halogens is 3. The molecule has 1 aliphatic carbocycles. The lowest BCUT2D eigenvalue weighted by Gasteiger charge is -2.52. The topological polar surface area (TPSA) is 72.9 Å². The lowest BCUT2D eigenvalue weighted by molar-refractivity contribution is -0.0929. The molecule has 2 aliphatic rings. The van der Waals surface area contributed by atoms with Gasteiger partial charge in [0.15, 0.2) is 15.4 Å². The summed E-state index contributed by atoms with van der Waals surface area (Å²) in [6.45, 7) is 3.87. The van der Waals surface area contributed by atoms with Crippen molar-refractivity contribution in [2.24, 2.45) is 11.3 Å². The predicted octanol–water partition coefficient (Wildman–Crippen LogP) is 5.06. The van der Waals surface area contributed by atoms with Crippen LogP contribution in [-0.2, 0) is 14.6 Å². The summed E-state index contributed by atoms with van der Waals surface area (Å²) in [5, 5.41) is 0. The molecule has 33 heavy (non-hydrogen) atoms. The number of carbonyl (C=O) groups excluding carboxylic acids is 1. The number of piperidine rings is 1. The van der Waals surface area contributed by atoms with Crippen LogP contribution < -0.4 is 4.74 Å². The number of nitrogens with zero attached hydrogens (tertiary/aromatic N) is 1. The van der Waals surface area contributed by atoms with Crippen molar-refractivity contribution in [1.82, 2.24) is 4.90 Å². The highest BCUT2D eigenvalue weighted by molar-refractivity contribution is 7.90. The molecule has 1 aromatic rings. The van der Waals surface area contributed by atoms with E-state index < -0.39 is 33.8 Å². The van der Waals surface area contributed by atoms with Gasteiger partial charge in [-0.3, -0.25) is 0 Å². The van der Waals surface area contributed by atoms with E-state index in [-0.39, 0.29) is 10.3 Å². The van der Waals surface area contributed by atoms with Crippen LogP contribution in [0.25, 0.3) is 0 Å². The van der Waals surface area contributed by atoms with Gasteiger partial charge in [-0.2, -0.15) is 0 Å². The Morgan fingerprint density at radius 3 is 2.42 bits per heavy atom. The summed E-state index contributed by atoms with van der Waals surface area (Å²) in [6, 6.07) is 3.77. The van der Waals surface area contributed by atoms with Crippen LogP contribution in [-0.4, -0.2) is 57.4 Å². The molecule has 10 heteroatoms. The normalized spacial score (nSPS) is 18.9. The van der Waals surface area contributed by atoms with Gasteiger partial charge >= 0.3 is 6.09 Å². The molecule has 1 amide bonds. The van der Waals surface area contributed by atoms with Gasteiger partial charge in [0.25, 0.3) is 6.43 Å². The number of amides is 1. The molecular formula is C23H32F3NO5S. The standard InChI is InChI=1S/C23H32F3NO5S/c1-22(2,20(25)26)32-21(28)27-10-8-23(9-11-27)14-16(15-23)5-4-12-31-17-6-7-19(18(24)13-17)33(3,29)30/h6-7,13,16,20H,4-5,8-12,14-15H2,1-3H3. The summed E-state index contributed by atoms with van der Waals surface area (Å²) in [7, 11) is -3.61. The molecule has 1 saturated heterocycles. The van der Waals surface area contributed by atoms with Crippen molar-refractivity contribution >= 4 is 15.9 Å². The van der Waals surface area contributed by atoms with Gasteiger partial charge in [-0.1, -0.05) is 0 Å². The quantitative estimate of drug-likeness (QED) is 0.475. The smallest absolute Gasteiger partial charge is 0.410 e. The third kappa shape index (κ3) is 6.33. The van der Waals surface area contributed by atoms with E-state index in [0.29, 0.717) is 31.4 Å². The number of hydrogen-bond donors (Lipinski definition) is 0. The molecule has 2 fully saturated rings. The second kappa shape index (κ2) is 9.72. The molecule has 0 radical (unpaired) electrons. The summed E-state index contributed by atoms with van der Waals surface area (Å²) < 4.78 is 73.2. The van der Waals surface area contributed by atoms with Crippen LogP contribution in [0.4, 0.5) is 18.0 Å². The lowest BCUT2D eigenvalue weighted by Crippen LogP contribution is -2.50. The number of benzene rings is 1. The van der Waals surface area contributed by atoms with Gasteiger partial charge in [0.2, 0.25) is 0 Å². The number of carbonyl (C=O) groups is 1. The minimum Gasteiger partial charge on any atom is -0.493 e. The number of rotatable bonds is 8. The summed E-state index contributed by atoms with van der Waals surface area (Å²) in [6.07, 6.45) is 3.14. The fraction of sp³-hybridized carbons (Fsp3) is 0.696. The molecule has 0 bridgehead atoms. The van der Waals surface area contributed by atoms with E-state index in [0.717, 1.165) is 50.8 Å². The van der Waals surface area contributed by atoms with Crippen molar-refractivity contribution < 1.29 is 35.9 Å². The highest BCUT2D eigenvalue weighted by Gasteiger charge is 2.46.